The lowest BCUT2D eigenvalue weighted by molar-refractivity contribution is 0.123. The first-order valence-electron chi connectivity index (χ1n) is 9.00. The zero-order valence-corrected chi connectivity index (χ0v) is 15.8. The van der Waals surface area contributed by atoms with Crippen LogP contribution in [0.3, 0.4) is 0 Å². The largest absolute Gasteiger partial charge is 0.394 e. The number of morpholine rings is 1. The van der Waals surface area contributed by atoms with Crippen molar-refractivity contribution in [3.8, 4) is 0 Å². The minimum absolute atomic E-state index is 0.145. The van der Waals surface area contributed by atoms with Gasteiger partial charge in [-0.25, -0.2) is 4.79 Å². The molecule has 3 rings (SSSR count). The first-order valence-corrected chi connectivity index (χ1v) is 9.38. The summed E-state index contributed by atoms with van der Waals surface area (Å²) in [5.41, 5.74) is 2.59. The van der Waals surface area contributed by atoms with Crippen molar-refractivity contribution in [3.05, 3.63) is 59.1 Å². The van der Waals surface area contributed by atoms with E-state index in [1.54, 1.807) is 12.1 Å². The predicted octanol–water partition coefficient (Wildman–Crippen LogP) is 2.90. The number of hydrogen-bond donors (Lipinski definition) is 3. The Hall–Kier alpha value is -2.28. The highest BCUT2D eigenvalue weighted by Crippen LogP contribution is 2.29. The number of aliphatic hydroxyl groups is 1. The fraction of sp³-hybridized carbons (Fsp3) is 0.350. The van der Waals surface area contributed by atoms with Crippen molar-refractivity contribution in [3.63, 3.8) is 0 Å². The quantitative estimate of drug-likeness (QED) is 0.710. The third-order valence-electron chi connectivity index (χ3n) is 4.44. The number of aliphatic hydroxyl groups excluding tert-OH is 1. The van der Waals surface area contributed by atoms with E-state index < -0.39 is 0 Å². The molecule has 1 atom stereocenters. The molecule has 0 saturated carbocycles. The summed E-state index contributed by atoms with van der Waals surface area (Å²) in [5, 5.41) is 15.9. The number of anilines is 2. The van der Waals surface area contributed by atoms with E-state index in [9.17, 15) is 9.90 Å². The standard InChI is InChI=1S/C20H24ClN3O3/c21-16-6-7-19(24-8-10-27-11-9-24)18(13-16)23-20(26)22-17(14-25)12-15-4-2-1-3-5-15/h1-7,13,17,25H,8-12,14H2,(H2,22,23,26). The number of hydrogen-bond acceptors (Lipinski definition) is 4. The minimum Gasteiger partial charge on any atom is -0.394 e. The summed E-state index contributed by atoms with van der Waals surface area (Å²) in [6, 6.07) is 14.4. The van der Waals surface area contributed by atoms with Crippen molar-refractivity contribution < 1.29 is 14.6 Å². The first kappa shape index (κ1) is 19.5. The SMILES string of the molecule is O=C(Nc1cc(Cl)ccc1N1CCOCC1)NC(CO)Cc1ccccc1. The van der Waals surface area contributed by atoms with E-state index in [0.717, 1.165) is 24.3 Å². The van der Waals surface area contributed by atoms with Crippen molar-refractivity contribution in [2.75, 3.05) is 43.1 Å². The summed E-state index contributed by atoms with van der Waals surface area (Å²) < 4.78 is 5.39. The van der Waals surface area contributed by atoms with Crippen molar-refractivity contribution in [2.24, 2.45) is 0 Å². The van der Waals surface area contributed by atoms with E-state index in [0.29, 0.717) is 30.3 Å². The van der Waals surface area contributed by atoms with Crippen LogP contribution in [0.2, 0.25) is 5.02 Å². The highest BCUT2D eigenvalue weighted by molar-refractivity contribution is 6.31. The number of urea groups is 1. The average molecular weight is 390 g/mol. The lowest BCUT2D eigenvalue weighted by Gasteiger charge is -2.30. The Labute approximate surface area is 164 Å². The van der Waals surface area contributed by atoms with E-state index in [4.69, 9.17) is 16.3 Å². The summed E-state index contributed by atoms with van der Waals surface area (Å²) in [7, 11) is 0. The van der Waals surface area contributed by atoms with Gasteiger partial charge in [-0.1, -0.05) is 41.9 Å². The van der Waals surface area contributed by atoms with Crippen LogP contribution >= 0.6 is 11.6 Å². The molecule has 1 saturated heterocycles. The molecule has 1 aliphatic rings. The van der Waals surface area contributed by atoms with Gasteiger partial charge in [0.2, 0.25) is 0 Å². The molecule has 2 amide bonds. The Kier molecular flexibility index (Phi) is 6.92. The Bertz CT molecular complexity index is 751. The number of nitrogens with zero attached hydrogens (tertiary/aromatic N) is 1. The molecule has 6 nitrogen and oxygen atoms in total. The Morgan fingerprint density at radius 3 is 2.63 bits per heavy atom. The minimum atomic E-state index is -0.376. The zero-order valence-electron chi connectivity index (χ0n) is 15.0. The number of carbonyl (C=O) groups excluding carboxylic acids is 1. The normalized spacial score (nSPS) is 15.3. The molecule has 27 heavy (non-hydrogen) atoms. The Balaban J connectivity index is 1.66. The summed E-state index contributed by atoms with van der Waals surface area (Å²) in [6.45, 7) is 2.67. The van der Waals surface area contributed by atoms with Crippen LogP contribution in [0.25, 0.3) is 0 Å². The molecule has 3 N–H and O–H groups in total. The molecule has 7 heteroatoms. The van der Waals surface area contributed by atoms with Gasteiger partial charge in [0.1, 0.15) is 0 Å². The Morgan fingerprint density at radius 1 is 1.19 bits per heavy atom. The van der Waals surface area contributed by atoms with Crippen molar-refractivity contribution in [1.82, 2.24) is 5.32 Å². The summed E-state index contributed by atoms with van der Waals surface area (Å²) in [4.78, 5) is 14.7. The number of halogens is 1. The molecule has 0 spiro atoms. The maximum atomic E-state index is 12.5. The maximum Gasteiger partial charge on any atom is 0.319 e. The summed E-state index contributed by atoms with van der Waals surface area (Å²) in [5.74, 6) is 0. The second kappa shape index (κ2) is 9.60. The third kappa shape index (κ3) is 5.60. The van der Waals surface area contributed by atoms with Gasteiger partial charge in [-0.15, -0.1) is 0 Å². The van der Waals surface area contributed by atoms with Gasteiger partial charge in [-0.05, 0) is 30.2 Å². The van der Waals surface area contributed by atoms with Crippen molar-refractivity contribution in [2.45, 2.75) is 12.5 Å². The zero-order chi connectivity index (χ0) is 19.1. The van der Waals surface area contributed by atoms with Crippen LogP contribution in [0.1, 0.15) is 5.56 Å². The van der Waals surface area contributed by atoms with Crippen molar-refractivity contribution >= 4 is 29.0 Å². The van der Waals surface area contributed by atoms with Gasteiger partial charge < -0.3 is 25.4 Å². The number of carbonyl (C=O) groups is 1. The second-order valence-corrected chi connectivity index (χ2v) is 6.87. The van der Waals surface area contributed by atoms with Crippen LogP contribution < -0.4 is 15.5 Å². The van der Waals surface area contributed by atoms with Crippen LogP contribution in [0, 0.1) is 0 Å². The summed E-state index contributed by atoms with van der Waals surface area (Å²) >= 11 is 6.12. The first-order chi connectivity index (χ1) is 13.2. The number of rotatable bonds is 6. The fourth-order valence-electron chi connectivity index (χ4n) is 3.09. The summed E-state index contributed by atoms with van der Waals surface area (Å²) in [6.07, 6.45) is 0.552. The van der Waals surface area contributed by atoms with Gasteiger partial charge in [-0.2, -0.15) is 0 Å². The van der Waals surface area contributed by atoms with Crippen LogP contribution in [0.4, 0.5) is 16.2 Å². The molecule has 0 aromatic heterocycles. The number of nitrogens with one attached hydrogen (secondary N) is 2. The highest BCUT2D eigenvalue weighted by Gasteiger charge is 2.18. The van der Waals surface area contributed by atoms with Crippen molar-refractivity contribution in [1.29, 1.82) is 0 Å². The van der Waals surface area contributed by atoms with Gasteiger partial charge in [0.25, 0.3) is 0 Å². The molecule has 0 radical (unpaired) electrons. The van der Waals surface area contributed by atoms with E-state index >= 15 is 0 Å². The van der Waals surface area contributed by atoms with Gasteiger partial charge >= 0.3 is 6.03 Å². The highest BCUT2D eigenvalue weighted by atomic mass is 35.5. The molecular weight excluding hydrogens is 366 g/mol. The molecule has 0 bridgehead atoms. The van der Waals surface area contributed by atoms with Gasteiger partial charge in [0.15, 0.2) is 0 Å². The molecule has 1 fully saturated rings. The monoisotopic (exact) mass is 389 g/mol. The lowest BCUT2D eigenvalue weighted by atomic mass is 10.1. The molecule has 1 aliphatic heterocycles. The van der Waals surface area contributed by atoms with E-state index in [2.05, 4.69) is 15.5 Å². The molecule has 1 unspecified atom stereocenters. The van der Waals surface area contributed by atoms with Crippen LogP contribution in [0.5, 0.6) is 0 Å². The molecule has 2 aromatic carbocycles. The van der Waals surface area contributed by atoms with Crippen LogP contribution in [0.15, 0.2) is 48.5 Å². The topological polar surface area (TPSA) is 73.8 Å². The molecule has 1 heterocycles. The smallest absolute Gasteiger partial charge is 0.319 e. The maximum absolute atomic E-state index is 12.5. The fourth-order valence-corrected chi connectivity index (χ4v) is 3.26. The second-order valence-electron chi connectivity index (χ2n) is 6.43. The molecule has 2 aromatic rings. The molecule has 144 valence electrons. The van der Waals surface area contributed by atoms with Crippen LogP contribution in [-0.4, -0.2) is 50.1 Å². The average Bonchev–Trinajstić information content (AvgIpc) is 2.69. The Morgan fingerprint density at radius 2 is 1.93 bits per heavy atom. The number of amides is 2. The lowest BCUT2D eigenvalue weighted by Crippen LogP contribution is -2.42. The van der Waals surface area contributed by atoms with E-state index in [1.807, 2.05) is 36.4 Å². The van der Waals surface area contributed by atoms with Gasteiger partial charge in [0, 0.05) is 18.1 Å². The third-order valence-corrected chi connectivity index (χ3v) is 4.67. The van der Waals surface area contributed by atoms with Gasteiger partial charge in [0.05, 0.1) is 37.2 Å². The predicted molar refractivity (Wildman–Crippen MR) is 108 cm³/mol. The number of benzene rings is 2. The molecule has 0 aliphatic carbocycles. The van der Waals surface area contributed by atoms with Gasteiger partial charge in [-0.3, -0.25) is 0 Å². The van der Waals surface area contributed by atoms with E-state index in [1.165, 1.54) is 0 Å². The van der Waals surface area contributed by atoms with E-state index in [-0.39, 0.29) is 18.7 Å². The number of ether oxygens (including phenoxy) is 1. The van der Waals surface area contributed by atoms with Crippen LogP contribution in [-0.2, 0) is 11.2 Å². The molecular formula is C20H24ClN3O3.